The number of anilines is 1. The van der Waals surface area contributed by atoms with E-state index in [-0.39, 0.29) is 30.1 Å². The fourth-order valence-electron chi connectivity index (χ4n) is 3.54. The molecule has 0 bridgehead atoms. The van der Waals surface area contributed by atoms with Gasteiger partial charge in [0.15, 0.2) is 0 Å². The van der Waals surface area contributed by atoms with Crippen LogP contribution in [0.2, 0.25) is 0 Å². The predicted octanol–water partition coefficient (Wildman–Crippen LogP) is 1.45. The molecule has 136 valence electrons. The van der Waals surface area contributed by atoms with Crippen molar-refractivity contribution in [2.75, 3.05) is 18.8 Å². The number of carbonyl (C=O) groups excluding carboxylic acids is 3. The molecule has 25 heavy (non-hydrogen) atoms. The number of nitrogens with zero attached hydrogens (tertiary/aromatic N) is 1. The Kier molecular flexibility index (Phi) is 5.27. The molecule has 2 fully saturated rings. The number of hydrogen-bond acceptors (Lipinski definition) is 4. The zero-order valence-corrected chi connectivity index (χ0v) is 15.1. The molecule has 0 spiro atoms. The Morgan fingerprint density at radius 2 is 1.92 bits per heavy atom. The van der Waals surface area contributed by atoms with Crippen LogP contribution in [0.4, 0.5) is 10.5 Å². The molecule has 2 heterocycles. The number of aryl methyl sites for hydroxylation is 1. The Bertz CT molecular complexity index is 716. The number of rotatable bonds is 2. The quantitative estimate of drug-likeness (QED) is 0.544. The minimum Gasteiger partial charge on any atom is -0.399 e. The van der Waals surface area contributed by atoms with Gasteiger partial charge in [0.05, 0.1) is 0 Å². The van der Waals surface area contributed by atoms with Gasteiger partial charge in [-0.05, 0) is 50.3 Å². The Labute approximate surface area is 152 Å². The van der Waals surface area contributed by atoms with Crippen LogP contribution in [-0.4, -0.2) is 41.4 Å². The third-order valence-corrected chi connectivity index (χ3v) is 5.16. The number of piperidine rings is 1. The maximum absolute atomic E-state index is 12.7. The van der Waals surface area contributed by atoms with E-state index in [9.17, 15) is 14.4 Å². The number of nitrogens with one attached hydrogen (secondary N) is 2. The Hall–Kier alpha value is -2.28. The number of nitrogen functional groups attached to an aromatic ring is 1. The van der Waals surface area contributed by atoms with E-state index in [2.05, 4.69) is 10.6 Å². The van der Waals surface area contributed by atoms with E-state index in [0.717, 1.165) is 5.56 Å². The van der Waals surface area contributed by atoms with Crippen molar-refractivity contribution < 1.29 is 14.4 Å². The summed E-state index contributed by atoms with van der Waals surface area (Å²) in [5.41, 5.74) is 6.98. The average molecular weight is 367 g/mol. The molecular formula is C17H23ClN4O3. The van der Waals surface area contributed by atoms with Crippen molar-refractivity contribution in [2.45, 2.75) is 32.2 Å². The minimum absolute atomic E-state index is 0. The molecule has 1 aromatic rings. The Balaban J connectivity index is 0.00000225. The fourth-order valence-corrected chi connectivity index (χ4v) is 3.54. The van der Waals surface area contributed by atoms with Gasteiger partial charge >= 0.3 is 6.03 Å². The van der Waals surface area contributed by atoms with Crippen LogP contribution in [0.25, 0.3) is 0 Å². The second kappa shape index (κ2) is 6.92. The molecule has 2 aliphatic rings. The zero-order valence-electron chi connectivity index (χ0n) is 14.3. The van der Waals surface area contributed by atoms with Crippen molar-refractivity contribution in [1.82, 2.24) is 15.5 Å². The molecule has 2 saturated heterocycles. The first-order valence-electron chi connectivity index (χ1n) is 8.10. The molecule has 1 unspecified atom stereocenters. The van der Waals surface area contributed by atoms with Crippen LogP contribution in [0.1, 0.15) is 35.7 Å². The first-order chi connectivity index (χ1) is 11.3. The maximum Gasteiger partial charge on any atom is 0.322 e. The van der Waals surface area contributed by atoms with Gasteiger partial charge in [0.1, 0.15) is 5.54 Å². The molecule has 4 N–H and O–H groups in total. The smallest absolute Gasteiger partial charge is 0.322 e. The molecule has 0 aromatic heterocycles. The molecule has 0 aliphatic carbocycles. The molecule has 2 aliphatic heterocycles. The second-order valence-corrected chi connectivity index (χ2v) is 6.75. The molecule has 8 heteroatoms. The van der Waals surface area contributed by atoms with Crippen LogP contribution in [-0.2, 0) is 4.79 Å². The van der Waals surface area contributed by atoms with E-state index in [1.807, 2.05) is 13.0 Å². The highest BCUT2D eigenvalue weighted by Gasteiger charge is 2.48. The summed E-state index contributed by atoms with van der Waals surface area (Å²) in [6.07, 6.45) is 1.33. The molecule has 0 radical (unpaired) electrons. The van der Waals surface area contributed by atoms with Gasteiger partial charge in [-0.1, -0.05) is 6.07 Å². The number of imide groups is 1. The van der Waals surface area contributed by atoms with Crippen LogP contribution in [0, 0.1) is 12.8 Å². The summed E-state index contributed by atoms with van der Waals surface area (Å²) in [4.78, 5) is 38.0. The van der Waals surface area contributed by atoms with Crippen molar-refractivity contribution in [3.63, 3.8) is 0 Å². The fraction of sp³-hybridized carbons (Fsp3) is 0.471. The van der Waals surface area contributed by atoms with Gasteiger partial charge in [0.25, 0.3) is 11.8 Å². The van der Waals surface area contributed by atoms with Crippen LogP contribution in [0.3, 0.4) is 0 Å². The maximum atomic E-state index is 12.7. The number of benzene rings is 1. The number of carbonyl (C=O) groups is 3. The van der Waals surface area contributed by atoms with Crippen LogP contribution < -0.4 is 16.4 Å². The van der Waals surface area contributed by atoms with Crippen molar-refractivity contribution >= 4 is 35.9 Å². The summed E-state index contributed by atoms with van der Waals surface area (Å²) < 4.78 is 0. The normalized spacial score (nSPS) is 23.7. The van der Waals surface area contributed by atoms with Gasteiger partial charge in [-0.2, -0.15) is 0 Å². The molecule has 4 amide bonds. The topological polar surface area (TPSA) is 105 Å². The molecular weight excluding hydrogens is 344 g/mol. The molecule has 1 aromatic carbocycles. The summed E-state index contributed by atoms with van der Waals surface area (Å²) in [6.45, 7) is 4.74. The number of amides is 4. The first kappa shape index (κ1) is 19.1. The van der Waals surface area contributed by atoms with E-state index in [1.54, 1.807) is 24.0 Å². The summed E-state index contributed by atoms with van der Waals surface area (Å²) >= 11 is 0. The zero-order chi connectivity index (χ0) is 17.5. The molecule has 3 rings (SSSR count). The van der Waals surface area contributed by atoms with Crippen molar-refractivity contribution in [1.29, 1.82) is 0 Å². The van der Waals surface area contributed by atoms with Crippen LogP contribution >= 0.6 is 12.4 Å². The van der Waals surface area contributed by atoms with E-state index >= 15 is 0 Å². The number of likely N-dealkylation sites (tertiary alicyclic amines) is 1. The summed E-state index contributed by atoms with van der Waals surface area (Å²) in [5, 5.41) is 5.02. The van der Waals surface area contributed by atoms with E-state index in [1.165, 1.54) is 0 Å². The average Bonchev–Trinajstić information content (AvgIpc) is 2.82. The lowest BCUT2D eigenvalue weighted by Gasteiger charge is -2.38. The largest absolute Gasteiger partial charge is 0.399 e. The molecule has 7 nitrogen and oxygen atoms in total. The SMILES string of the molecule is Cc1ccc(N)cc1C(=O)N1CCC(C2(C)NC(=O)NC2=O)CC1.Cl. The van der Waals surface area contributed by atoms with Crippen molar-refractivity contribution in [3.05, 3.63) is 29.3 Å². The van der Waals surface area contributed by atoms with Crippen molar-refractivity contribution in [3.8, 4) is 0 Å². The number of hydrogen-bond donors (Lipinski definition) is 3. The van der Waals surface area contributed by atoms with Crippen LogP contribution in [0.5, 0.6) is 0 Å². The monoisotopic (exact) mass is 366 g/mol. The molecule has 0 saturated carbocycles. The predicted molar refractivity (Wildman–Crippen MR) is 96.5 cm³/mol. The van der Waals surface area contributed by atoms with Gasteiger partial charge in [0.2, 0.25) is 0 Å². The van der Waals surface area contributed by atoms with Crippen LogP contribution in [0.15, 0.2) is 18.2 Å². The highest BCUT2D eigenvalue weighted by molar-refractivity contribution is 6.07. The Morgan fingerprint density at radius 1 is 1.28 bits per heavy atom. The summed E-state index contributed by atoms with van der Waals surface area (Å²) in [7, 11) is 0. The third-order valence-electron chi connectivity index (χ3n) is 5.16. The van der Waals surface area contributed by atoms with Gasteiger partial charge in [-0.15, -0.1) is 12.4 Å². The van der Waals surface area contributed by atoms with Gasteiger partial charge in [0, 0.05) is 24.3 Å². The number of urea groups is 1. The second-order valence-electron chi connectivity index (χ2n) is 6.75. The van der Waals surface area contributed by atoms with Gasteiger partial charge < -0.3 is 16.0 Å². The summed E-state index contributed by atoms with van der Waals surface area (Å²) in [6, 6.07) is 4.88. The van der Waals surface area contributed by atoms with E-state index in [0.29, 0.717) is 37.2 Å². The molecule has 1 atom stereocenters. The third kappa shape index (κ3) is 3.42. The summed E-state index contributed by atoms with van der Waals surface area (Å²) in [5.74, 6) is -0.317. The first-order valence-corrected chi connectivity index (χ1v) is 8.10. The van der Waals surface area contributed by atoms with Gasteiger partial charge in [-0.3, -0.25) is 14.9 Å². The van der Waals surface area contributed by atoms with E-state index in [4.69, 9.17) is 5.73 Å². The number of nitrogens with two attached hydrogens (primary N) is 1. The lowest BCUT2D eigenvalue weighted by atomic mass is 9.79. The highest BCUT2D eigenvalue weighted by Crippen LogP contribution is 2.31. The highest BCUT2D eigenvalue weighted by atomic mass is 35.5. The van der Waals surface area contributed by atoms with Crippen molar-refractivity contribution in [2.24, 2.45) is 5.92 Å². The number of halogens is 1. The standard InChI is InChI=1S/C17H22N4O3.ClH/c1-10-3-4-12(18)9-13(10)14(22)21-7-5-11(6-8-21)17(2)15(23)19-16(24)20-17;/h3-4,9,11H,5-8,18H2,1-2H3,(H2,19,20,23,24);1H. The lowest BCUT2D eigenvalue weighted by molar-refractivity contribution is -0.125. The Morgan fingerprint density at radius 3 is 2.48 bits per heavy atom. The lowest BCUT2D eigenvalue weighted by Crippen LogP contribution is -2.54. The van der Waals surface area contributed by atoms with E-state index < -0.39 is 11.6 Å². The minimum atomic E-state index is -0.890. The van der Waals surface area contributed by atoms with Gasteiger partial charge in [-0.25, -0.2) is 4.79 Å².